The van der Waals surface area contributed by atoms with Crippen molar-refractivity contribution in [1.82, 2.24) is 9.97 Å². The number of aryl methyl sites for hydroxylation is 1. The predicted molar refractivity (Wildman–Crippen MR) is 76.5 cm³/mol. The van der Waals surface area contributed by atoms with E-state index < -0.39 is 10.0 Å². The van der Waals surface area contributed by atoms with Gasteiger partial charge in [0.05, 0.1) is 24.8 Å². The molecule has 0 atom stereocenters. The lowest BCUT2D eigenvalue weighted by molar-refractivity contribution is 0.598. The van der Waals surface area contributed by atoms with Gasteiger partial charge in [0.15, 0.2) is 5.03 Å². The highest BCUT2D eigenvalue weighted by molar-refractivity contribution is 7.92. The summed E-state index contributed by atoms with van der Waals surface area (Å²) in [7, 11) is -3.65. The zero-order valence-electron chi connectivity index (χ0n) is 10.8. The van der Waals surface area contributed by atoms with E-state index in [0.29, 0.717) is 5.69 Å². The molecule has 0 aliphatic heterocycles. The molecular weight excluding hydrogens is 276 g/mol. The molecule has 6 nitrogen and oxygen atoms in total. The largest absolute Gasteiger partial charge is 0.334 e. The number of aromatic nitrogens is 2. The first-order chi connectivity index (χ1) is 9.53. The SMILES string of the molecule is Cc1cc(C#CCN)ccc1NS(=O)(=O)c1cnc[nH]1. The van der Waals surface area contributed by atoms with Crippen LogP contribution >= 0.6 is 0 Å². The normalized spacial score (nSPS) is 10.7. The Morgan fingerprint density at radius 3 is 2.85 bits per heavy atom. The Hall–Kier alpha value is -2.30. The summed E-state index contributed by atoms with van der Waals surface area (Å²) < 4.78 is 26.6. The minimum absolute atomic E-state index is 0.0175. The van der Waals surface area contributed by atoms with Gasteiger partial charge in [0.1, 0.15) is 0 Å². The highest BCUT2D eigenvalue weighted by Gasteiger charge is 2.16. The lowest BCUT2D eigenvalue weighted by atomic mass is 10.1. The number of aromatic amines is 1. The third kappa shape index (κ3) is 3.17. The van der Waals surface area contributed by atoms with Crippen LogP contribution in [0.5, 0.6) is 0 Å². The van der Waals surface area contributed by atoms with Gasteiger partial charge in [-0.25, -0.2) is 4.98 Å². The number of hydrogen-bond acceptors (Lipinski definition) is 4. The summed E-state index contributed by atoms with van der Waals surface area (Å²) >= 11 is 0. The van der Waals surface area contributed by atoms with Crippen LogP contribution in [0.1, 0.15) is 11.1 Å². The standard InChI is InChI=1S/C13H14N4O2S/c1-10-7-11(3-2-6-14)4-5-12(10)17-20(18,19)13-8-15-9-16-13/h4-5,7-9,17H,6,14H2,1H3,(H,15,16). The number of benzene rings is 1. The highest BCUT2D eigenvalue weighted by Crippen LogP contribution is 2.19. The number of nitrogens with zero attached hydrogens (tertiary/aromatic N) is 1. The number of anilines is 1. The van der Waals surface area contributed by atoms with E-state index in [2.05, 4.69) is 26.5 Å². The number of rotatable bonds is 3. The van der Waals surface area contributed by atoms with Crippen LogP contribution in [0.25, 0.3) is 0 Å². The van der Waals surface area contributed by atoms with Crippen LogP contribution in [-0.2, 0) is 10.0 Å². The topological polar surface area (TPSA) is 101 Å². The van der Waals surface area contributed by atoms with E-state index >= 15 is 0 Å². The van der Waals surface area contributed by atoms with E-state index in [1.165, 1.54) is 12.5 Å². The molecule has 0 saturated carbocycles. The zero-order valence-corrected chi connectivity index (χ0v) is 11.7. The number of H-pyrrole nitrogens is 1. The Morgan fingerprint density at radius 1 is 1.45 bits per heavy atom. The molecule has 104 valence electrons. The van der Waals surface area contributed by atoms with Gasteiger partial charge in [0.25, 0.3) is 10.0 Å². The number of nitrogens with one attached hydrogen (secondary N) is 2. The molecule has 0 spiro atoms. The quantitative estimate of drug-likeness (QED) is 0.729. The molecule has 0 unspecified atom stereocenters. The van der Waals surface area contributed by atoms with Crippen molar-refractivity contribution >= 4 is 15.7 Å². The molecule has 1 aromatic heterocycles. The maximum Gasteiger partial charge on any atom is 0.278 e. The van der Waals surface area contributed by atoms with Gasteiger partial charge in [-0.1, -0.05) is 11.8 Å². The molecule has 0 amide bonds. The molecule has 1 aromatic carbocycles. The smallest absolute Gasteiger partial charge is 0.278 e. The first-order valence-electron chi connectivity index (χ1n) is 5.84. The van der Waals surface area contributed by atoms with Gasteiger partial charge in [-0.2, -0.15) is 8.42 Å². The first-order valence-corrected chi connectivity index (χ1v) is 7.32. The summed E-state index contributed by atoms with van der Waals surface area (Å²) in [4.78, 5) is 6.25. The van der Waals surface area contributed by atoms with Crippen LogP contribution in [0.2, 0.25) is 0 Å². The minimum Gasteiger partial charge on any atom is -0.334 e. The van der Waals surface area contributed by atoms with Crippen LogP contribution in [0.3, 0.4) is 0 Å². The highest BCUT2D eigenvalue weighted by atomic mass is 32.2. The summed E-state index contributed by atoms with van der Waals surface area (Å²) in [6.07, 6.45) is 2.56. The average molecular weight is 290 g/mol. The van der Waals surface area contributed by atoms with Gasteiger partial charge < -0.3 is 10.7 Å². The first kappa shape index (κ1) is 14.1. The van der Waals surface area contributed by atoms with Crippen molar-refractivity contribution in [1.29, 1.82) is 0 Å². The summed E-state index contributed by atoms with van der Waals surface area (Å²) in [5.41, 5.74) is 7.37. The van der Waals surface area contributed by atoms with Crippen molar-refractivity contribution in [2.45, 2.75) is 11.9 Å². The van der Waals surface area contributed by atoms with Gasteiger partial charge in [-0.15, -0.1) is 0 Å². The summed E-state index contributed by atoms with van der Waals surface area (Å²) in [5.74, 6) is 5.64. The molecule has 1 heterocycles. The molecular formula is C13H14N4O2S. The van der Waals surface area contributed by atoms with Gasteiger partial charge in [-0.05, 0) is 30.7 Å². The van der Waals surface area contributed by atoms with E-state index in [4.69, 9.17) is 5.73 Å². The predicted octanol–water partition coefficient (Wildman–Crippen LogP) is 0.829. The summed E-state index contributed by atoms with van der Waals surface area (Å²) in [6.45, 7) is 2.09. The third-order valence-electron chi connectivity index (χ3n) is 2.57. The van der Waals surface area contributed by atoms with E-state index in [9.17, 15) is 8.42 Å². The molecule has 4 N–H and O–H groups in total. The molecule has 0 radical (unpaired) electrons. The maximum absolute atomic E-state index is 12.0. The molecule has 0 bridgehead atoms. The zero-order chi connectivity index (χ0) is 14.6. The van der Waals surface area contributed by atoms with Crippen molar-refractivity contribution < 1.29 is 8.42 Å². The van der Waals surface area contributed by atoms with Gasteiger partial charge in [-0.3, -0.25) is 4.72 Å². The van der Waals surface area contributed by atoms with Crippen molar-refractivity contribution in [2.24, 2.45) is 5.73 Å². The van der Waals surface area contributed by atoms with Crippen molar-refractivity contribution in [3.8, 4) is 11.8 Å². The Kier molecular flexibility index (Phi) is 4.08. The number of hydrogen-bond donors (Lipinski definition) is 3. The maximum atomic E-state index is 12.0. The Balaban J connectivity index is 2.27. The second-order valence-corrected chi connectivity index (χ2v) is 5.71. The molecule has 2 aromatic rings. The van der Waals surface area contributed by atoms with Crippen LogP contribution in [0.4, 0.5) is 5.69 Å². The fourth-order valence-corrected chi connectivity index (χ4v) is 2.63. The molecule has 0 aliphatic rings. The number of imidazole rings is 1. The van der Waals surface area contributed by atoms with Crippen LogP contribution in [0, 0.1) is 18.8 Å². The van der Waals surface area contributed by atoms with E-state index in [1.54, 1.807) is 25.1 Å². The molecule has 2 rings (SSSR count). The van der Waals surface area contributed by atoms with Crippen molar-refractivity contribution in [3.63, 3.8) is 0 Å². The molecule has 0 aliphatic carbocycles. The second-order valence-electron chi connectivity index (χ2n) is 4.06. The van der Waals surface area contributed by atoms with Crippen molar-refractivity contribution in [3.05, 3.63) is 41.9 Å². The molecule has 20 heavy (non-hydrogen) atoms. The summed E-state index contributed by atoms with van der Waals surface area (Å²) in [6, 6.07) is 5.21. The van der Waals surface area contributed by atoms with Crippen LogP contribution in [0.15, 0.2) is 35.7 Å². The van der Waals surface area contributed by atoms with Crippen LogP contribution < -0.4 is 10.5 Å². The van der Waals surface area contributed by atoms with Crippen LogP contribution in [-0.4, -0.2) is 24.9 Å². The average Bonchev–Trinajstić information content (AvgIpc) is 2.94. The Labute approximate surface area is 117 Å². The van der Waals surface area contributed by atoms with Gasteiger partial charge in [0, 0.05) is 5.56 Å². The van der Waals surface area contributed by atoms with E-state index in [-0.39, 0.29) is 11.6 Å². The molecule has 7 heteroatoms. The lowest BCUT2D eigenvalue weighted by Gasteiger charge is -2.09. The molecule has 0 saturated heterocycles. The lowest BCUT2D eigenvalue weighted by Crippen LogP contribution is -2.14. The minimum atomic E-state index is -3.65. The number of nitrogens with two attached hydrogens (primary N) is 1. The Morgan fingerprint density at radius 2 is 2.25 bits per heavy atom. The van der Waals surface area contributed by atoms with E-state index in [0.717, 1.165) is 11.1 Å². The van der Waals surface area contributed by atoms with E-state index in [1.807, 2.05) is 0 Å². The van der Waals surface area contributed by atoms with Gasteiger partial charge in [0.2, 0.25) is 0 Å². The van der Waals surface area contributed by atoms with Gasteiger partial charge >= 0.3 is 0 Å². The second kappa shape index (κ2) is 5.77. The third-order valence-corrected chi connectivity index (χ3v) is 3.86. The fraction of sp³-hybridized carbons (Fsp3) is 0.154. The fourth-order valence-electron chi connectivity index (χ4n) is 1.60. The summed E-state index contributed by atoms with van der Waals surface area (Å²) in [5, 5.41) is 0.0175. The monoisotopic (exact) mass is 290 g/mol. The Bertz CT molecular complexity index is 755. The number of sulfonamides is 1. The molecule has 0 fully saturated rings. The van der Waals surface area contributed by atoms with Crippen molar-refractivity contribution in [2.75, 3.05) is 11.3 Å².